The van der Waals surface area contributed by atoms with Crippen molar-refractivity contribution in [2.45, 2.75) is 25.9 Å². The van der Waals surface area contributed by atoms with Crippen LogP contribution in [0.4, 0.5) is 4.79 Å². The molecule has 2 heterocycles. The second-order valence-corrected chi connectivity index (χ2v) is 5.92. The minimum atomic E-state index is -1.26. The third-order valence-corrected chi connectivity index (χ3v) is 3.58. The lowest BCUT2D eigenvalue weighted by molar-refractivity contribution is 0.0360. The number of nitrogens with one attached hydrogen (secondary N) is 2. The Bertz CT molecular complexity index is 653. The fraction of sp³-hybridized carbons (Fsp3) is 0.375. The summed E-state index contributed by atoms with van der Waals surface area (Å²) in [5.74, 6) is 1.13. The first-order valence-electron chi connectivity index (χ1n) is 7.28. The van der Waals surface area contributed by atoms with Gasteiger partial charge < -0.3 is 20.2 Å². The Morgan fingerprint density at radius 2 is 2.13 bits per heavy atom. The Kier molecular flexibility index (Phi) is 5.63. The number of nitrogens with zero attached hydrogens (tertiary/aromatic N) is 1. The van der Waals surface area contributed by atoms with Crippen LogP contribution in [-0.4, -0.2) is 29.2 Å². The van der Waals surface area contributed by atoms with Crippen LogP contribution in [-0.2, 0) is 12.0 Å². The van der Waals surface area contributed by atoms with Crippen LogP contribution in [0.1, 0.15) is 24.0 Å². The van der Waals surface area contributed by atoms with Gasteiger partial charge in [0.2, 0.25) is 0 Å². The van der Waals surface area contributed by atoms with Gasteiger partial charge in [0, 0.05) is 12.7 Å². The molecule has 3 N–H and O–H groups in total. The van der Waals surface area contributed by atoms with Crippen LogP contribution in [0.3, 0.4) is 0 Å². The number of amides is 2. The number of carbonyl (C=O) groups is 1. The van der Waals surface area contributed by atoms with Crippen LogP contribution >= 0.6 is 11.6 Å². The predicted molar refractivity (Wildman–Crippen MR) is 87.4 cm³/mol. The molecule has 0 spiro atoms. The van der Waals surface area contributed by atoms with E-state index in [9.17, 15) is 9.90 Å². The van der Waals surface area contributed by atoms with Crippen LogP contribution < -0.4 is 10.6 Å². The average molecular weight is 338 g/mol. The summed E-state index contributed by atoms with van der Waals surface area (Å²) < 4.78 is 5.39. The molecule has 0 saturated carbocycles. The van der Waals surface area contributed by atoms with Crippen LogP contribution in [0.2, 0.25) is 5.15 Å². The first-order chi connectivity index (χ1) is 10.9. The molecule has 0 bridgehead atoms. The Morgan fingerprint density at radius 3 is 2.74 bits per heavy atom. The number of urea groups is 1. The monoisotopic (exact) mass is 337 g/mol. The minimum absolute atomic E-state index is 0.0499. The zero-order valence-corrected chi connectivity index (χ0v) is 13.9. The molecule has 0 fully saturated rings. The van der Waals surface area contributed by atoms with Crippen LogP contribution in [0.25, 0.3) is 0 Å². The van der Waals surface area contributed by atoms with Gasteiger partial charge in [0.25, 0.3) is 0 Å². The molecular formula is C16H20ClN3O3. The second-order valence-electron chi connectivity index (χ2n) is 5.53. The van der Waals surface area contributed by atoms with Crippen molar-refractivity contribution in [3.05, 3.63) is 52.7 Å². The zero-order chi connectivity index (χ0) is 16.9. The third kappa shape index (κ3) is 5.26. The number of rotatable bonds is 6. The van der Waals surface area contributed by atoms with Gasteiger partial charge in [0.1, 0.15) is 22.3 Å². The Balaban J connectivity index is 1.73. The number of aromatic nitrogens is 1. The van der Waals surface area contributed by atoms with Crippen molar-refractivity contribution in [1.29, 1.82) is 0 Å². The second kappa shape index (κ2) is 7.48. The molecule has 0 aliphatic heterocycles. The summed E-state index contributed by atoms with van der Waals surface area (Å²) in [6, 6.07) is 6.68. The summed E-state index contributed by atoms with van der Waals surface area (Å²) in [5, 5.41) is 16.1. The van der Waals surface area contributed by atoms with Crippen molar-refractivity contribution in [3.63, 3.8) is 0 Å². The quantitative estimate of drug-likeness (QED) is 0.706. The lowest BCUT2D eigenvalue weighted by Gasteiger charge is -2.21. The van der Waals surface area contributed by atoms with E-state index in [2.05, 4.69) is 15.6 Å². The Morgan fingerprint density at radius 1 is 1.35 bits per heavy atom. The molecule has 2 rings (SSSR count). The maximum absolute atomic E-state index is 11.8. The number of aliphatic hydroxyl groups is 1. The van der Waals surface area contributed by atoms with Crippen molar-refractivity contribution in [1.82, 2.24) is 15.6 Å². The smallest absolute Gasteiger partial charge is 0.314 e. The Hall–Kier alpha value is -2.05. The van der Waals surface area contributed by atoms with Crippen LogP contribution in [0.15, 0.2) is 34.9 Å². The number of aryl methyl sites for hydroxylation is 1. The zero-order valence-electron chi connectivity index (χ0n) is 13.1. The van der Waals surface area contributed by atoms with Crippen molar-refractivity contribution in [2.75, 3.05) is 13.1 Å². The fourth-order valence-electron chi connectivity index (χ4n) is 2.00. The minimum Gasteiger partial charge on any atom is -0.463 e. The van der Waals surface area contributed by atoms with Crippen LogP contribution in [0, 0.1) is 6.92 Å². The number of hydrogen-bond acceptors (Lipinski definition) is 4. The molecule has 1 unspecified atom stereocenters. The molecule has 2 aromatic rings. The summed E-state index contributed by atoms with van der Waals surface area (Å²) in [7, 11) is 0. The number of carbonyl (C=O) groups excluding carboxylic acids is 1. The van der Waals surface area contributed by atoms with Gasteiger partial charge in [-0.3, -0.25) is 0 Å². The van der Waals surface area contributed by atoms with E-state index in [1.165, 1.54) is 0 Å². The number of furan rings is 1. The van der Waals surface area contributed by atoms with Gasteiger partial charge >= 0.3 is 6.03 Å². The molecule has 1 atom stereocenters. The van der Waals surface area contributed by atoms with E-state index in [0.29, 0.717) is 29.6 Å². The highest BCUT2D eigenvalue weighted by molar-refractivity contribution is 6.29. The first kappa shape index (κ1) is 17.3. The normalized spacial score (nSPS) is 13.4. The standard InChI is InChI=1S/C16H20ClN3O3/c1-11-3-5-13(23-11)16(2,22)10-20-15(21)18-8-7-12-4-6-14(17)19-9-12/h3-6,9,22H,7-8,10H2,1-2H3,(H2,18,20,21). The van der Waals surface area contributed by atoms with E-state index in [1.54, 1.807) is 38.2 Å². The van der Waals surface area contributed by atoms with Gasteiger partial charge in [-0.25, -0.2) is 9.78 Å². The predicted octanol–water partition coefficient (Wildman–Crippen LogP) is 2.39. The largest absolute Gasteiger partial charge is 0.463 e. The highest BCUT2D eigenvalue weighted by Gasteiger charge is 2.27. The number of pyridine rings is 1. The van der Waals surface area contributed by atoms with Gasteiger partial charge in [0.05, 0.1) is 6.54 Å². The molecule has 7 heteroatoms. The fourth-order valence-corrected chi connectivity index (χ4v) is 2.11. The van der Waals surface area contributed by atoms with Crippen LogP contribution in [0.5, 0.6) is 0 Å². The van der Waals surface area contributed by atoms with E-state index in [0.717, 1.165) is 5.56 Å². The summed E-state index contributed by atoms with van der Waals surface area (Å²) in [4.78, 5) is 15.7. The molecule has 124 valence electrons. The van der Waals surface area contributed by atoms with E-state index in [4.69, 9.17) is 16.0 Å². The van der Waals surface area contributed by atoms with Gasteiger partial charge in [-0.1, -0.05) is 17.7 Å². The number of halogens is 1. The maximum atomic E-state index is 11.8. The summed E-state index contributed by atoms with van der Waals surface area (Å²) in [5.41, 5.74) is -0.279. The molecule has 2 aromatic heterocycles. The van der Waals surface area contributed by atoms with E-state index >= 15 is 0 Å². The Labute approximate surface area is 139 Å². The van der Waals surface area contributed by atoms with Gasteiger partial charge in [-0.2, -0.15) is 0 Å². The lowest BCUT2D eigenvalue weighted by atomic mass is 10.0. The molecule has 2 amide bonds. The first-order valence-corrected chi connectivity index (χ1v) is 7.66. The summed E-state index contributed by atoms with van der Waals surface area (Å²) in [6.07, 6.45) is 2.32. The van der Waals surface area contributed by atoms with Gasteiger partial charge in [0.15, 0.2) is 0 Å². The van der Waals surface area contributed by atoms with E-state index in [1.807, 2.05) is 6.07 Å². The molecule has 0 aliphatic rings. The molecule has 0 aromatic carbocycles. The SMILES string of the molecule is Cc1ccc(C(C)(O)CNC(=O)NCCc2ccc(Cl)nc2)o1. The van der Waals surface area contributed by atoms with Crippen molar-refractivity contribution < 1.29 is 14.3 Å². The summed E-state index contributed by atoms with van der Waals surface area (Å²) >= 11 is 5.71. The van der Waals surface area contributed by atoms with Crippen molar-refractivity contribution >= 4 is 17.6 Å². The molecule has 0 aliphatic carbocycles. The molecular weight excluding hydrogens is 318 g/mol. The van der Waals surface area contributed by atoms with Crippen molar-refractivity contribution in [3.8, 4) is 0 Å². The molecule has 6 nitrogen and oxygen atoms in total. The molecule has 0 saturated heterocycles. The molecule has 0 radical (unpaired) electrons. The highest BCUT2D eigenvalue weighted by Crippen LogP contribution is 2.21. The van der Waals surface area contributed by atoms with Gasteiger partial charge in [-0.15, -0.1) is 0 Å². The third-order valence-electron chi connectivity index (χ3n) is 3.35. The summed E-state index contributed by atoms with van der Waals surface area (Å²) in [6.45, 7) is 3.89. The number of hydrogen-bond donors (Lipinski definition) is 3. The lowest BCUT2D eigenvalue weighted by Crippen LogP contribution is -2.43. The van der Waals surface area contributed by atoms with E-state index < -0.39 is 5.60 Å². The highest BCUT2D eigenvalue weighted by atomic mass is 35.5. The van der Waals surface area contributed by atoms with E-state index in [-0.39, 0.29) is 12.6 Å². The average Bonchev–Trinajstić information content (AvgIpc) is 2.95. The topological polar surface area (TPSA) is 87.4 Å². The van der Waals surface area contributed by atoms with Gasteiger partial charge in [-0.05, 0) is 44.0 Å². The maximum Gasteiger partial charge on any atom is 0.314 e. The van der Waals surface area contributed by atoms with Crippen molar-refractivity contribution in [2.24, 2.45) is 0 Å². The molecule has 23 heavy (non-hydrogen) atoms.